The zero-order chi connectivity index (χ0) is 21.6. The van der Waals surface area contributed by atoms with Crippen molar-refractivity contribution in [3.8, 4) is 0 Å². The smallest absolute Gasteiger partial charge is 0.248 e. The van der Waals surface area contributed by atoms with Gasteiger partial charge in [-0.05, 0) is 23.3 Å². The van der Waals surface area contributed by atoms with Gasteiger partial charge in [0.2, 0.25) is 5.91 Å². The summed E-state index contributed by atoms with van der Waals surface area (Å²) in [7, 11) is 0. The number of aliphatic imine (C=N–C) groups is 1. The standard InChI is InChI=1S/C26H23N3O2/c1-19(28-31)11-12-20-13-15-21(16-14-20)18-29-24-10-6-5-9-23(24)26(27-17-25(29)30)22-7-3-2-4-8-22/h2-16,28,31H,1,17-18H2/b12-11+. The van der Waals surface area contributed by atoms with E-state index in [1.807, 2.05) is 90.4 Å². The van der Waals surface area contributed by atoms with Gasteiger partial charge in [0.05, 0.1) is 23.6 Å². The lowest BCUT2D eigenvalue weighted by atomic mass is 10.00. The Hall–Kier alpha value is -3.96. The van der Waals surface area contributed by atoms with Crippen molar-refractivity contribution in [1.82, 2.24) is 5.48 Å². The molecule has 0 radical (unpaired) electrons. The van der Waals surface area contributed by atoms with Crippen LogP contribution in [0.1, 0.15) is 22.3 Å². The molecule has 0 aromatic heterocycles. The first-order valence-corrected chi connectivity index (χ1v) is 10.0. The molecule has 1 amide bonds. The van der Waals surface area contributed by atoms with E-state index in [2.05, 4.69) is 11.6 Å². The maximum Gasteiger partial charge on any atom is 0.248 e. The summed E-state index contributed by atoms with van der Waals surface area (Å²) in [4.78, 5) is 19.5. The van der Waals surface area contributed by atoms with Gasteiger partial charge in [-0.25, -0.2) is 0 Å². The molecule has 5 heteroatoms. The number of hydrogen-bond donors (Lipinski definition) is 2. The van der Waals surface area contributed by atoms with E-state index < -0.39 is 0 Å². The molecule has 4 rings (SSSR count). The Balaban J connectivity index is 1.62. The van der Waals surface area contributed by atoms with Crippen LogP contribution < -0.4 is 10.4 Å². The fraction of sp³-hybridized carbons (Fsp3) is 0.0769. The normalized spacial score (nSPS) is 13.5. The molecule has 1 aliphatic heterocycles. The van der Waals surface area contributed by atoms with Crippen LogP contribution in [0.4, 0.5) is 5.69 Å². The van der Waals surface area contributed by atoms with Crippen molar-refractivity contribution in [3.63, 3.8) is 0 Å². The highest BCUT2D eigenvalue weighted by molar-refractivity contribution is 6.19. The Morgan fingerprint density at radius 1 is 1.03 bits per heavy atom. The third-order valence-electron chi connectivity index (χ3n) is 5.11. The zero-order valence-corrected chi connectivity index (χ0v) is 17.0. The number of benzodiazepines with no additional fused rings is 1. The predicted octanol–water partition coefficient (Wildman–Crippen LogP) is 4.58. The van der Waals surface area contributed by atoms with E-state index in [0.717, 1.165) is 33.7 Å². The quantitative estimate of drug-likeness (QED) is 0.463. The zero-order valence-electron chi connectivity index (χ0n) is 17.0. The number of allylic oxidation sites excluding steroid dienone is 1. The molecule has 1 aliphatic rings. The number of hydroxylamine groups is 1. The van der Waals surface area contributed by atoms with Gasteiger partial charge in [0, 0.05) is 11.1 Å². The van der Waals surface area contributed by atoms with Crippen LogP contribution in [-0.2, 0) is 11.3 Å². The highest BCUT2D eigenvalue weighted by Crippen LogP contribution is 2.28. The van der Waals surface area contributed by atoms with Crippen LogP contribution in [-0.4, -0.2) is 23.4 Å². The SMILES string of the molecule is C=C(/C=C/c1ccc(CN2C(=O)CN=C(c3ccccc3)c3ccccc32)cc1)NO. The Labute approximate surface area is 181 Å². The van der Waals surface area contributed by atoms with E-state index in [1.54, 1.807) is 11.0 Å². The van der Waals surface area contributed by atoms with Crippen LogP contribution in [0.5, 0.6) is 0 Å². The number of anilines is 1. The molecule has 3 aromatic carbocycles. The van der Waals surface area contributed by atoms with Crippen LogP contribution in [0.3, 0.4) is 0 Å². The first-order chi connectivity index (χ1) is 15.2. The lowest BCUT2D eigenvalue weighted by molar-refractivity contribution is -0.117. The number of amides is 1. The van der Waals surface area contributed by atoms with E-state index in [0.29, 0.717) is 12.2 Å². The average Bonchev–Trinajstić information content (AvgIpc) is 2.95. The van der Waals surface area contributed by atoms with Gasteiger partial charge >= 0.3 is 0 Å². The highest BCUT2D eigenvalue weighted by Gasteiger charge is 2.24. The number of carbonyl (C=O) groups excluding carboxylic acids is 1. The van der Waals surface area contributed by atoms with E-state index in [-0.39, 0.29) is 12.5 Å². The number of hydrogen-bond acceptors (Lipinski definition) is 4. The molecule has 0 fully saturated rings. The summed E-state index contributed by atoms with van der Waals surface area (Å²) in [6.07, 6.45) is 3.54. The Bertz CT molecular complexity index is 1150. The van der Waals surface area contributed by atoms with Crippen LogP contribution in [0.25, 0.3) is 6.08 Å². The molecule has 0 saturated carbocycles. The van der Waals surface area contributed by atoms with Crippen LogP contribution in [0.2, 0.25) is 0 Å². The van der Waals surface area contributed by atoms with Gasteiger partial charge in [0.15, 0.2) is 0 Å². The fourth-order valence-electron chi connectivity index (χ4n) is 3.53. The van der Waals surface area contributed by atoms with Crippen molar-refractivity contribution in [2.24, 2.45) is 4.99 Å². The Morgan fingerprint density at radius 2 is 1.74 bits per heavy atom. The van der Waals surface area contributed by atoms with E-state index in [9.17, 15) is 4.79 Å². The van der Waals surface area contributed by atoms with Gasteiger partial charge in [-0.3, -0.25) is 20.5 Å². The maximum atomic E-state index is 13.0. The summed E-state index contributed by atoms with van der Waals surface area (Å²) in [5.74, 6) is -0.0346. The molecule has 1 heterocycles. The van der Waals surface area contributed by atoms with Gasteiger partial charge in [0.25, 0.3) is 0 Å². The Morgan fingerprint density at radius 3 is 2.48 bits per heavy atom. The fourth-order valence-corrected chi connectivity index (χ4v) is 3.53. The van der Waals surface area contributed by atoms with Gasteiger partial charge in [0.1, 0.15) is 6.54 Å². The summed E-state index contributed by atoms with van der Waals surface area (Å²) in [6.45, 7) is 4.21. The van der Waals surface area contributed by atoms with Gasteiger partial charge in [-0.15, -0.1) is 0 Å². The number of para-hydroxylation sites is 1. The lowest BCUT2D eigenvalue weighted by Gasteiger charge is -2.23. The lowest BCUT2D eigenvalue weighted by Crippen LogP contribution is -2.31. The highest BCUT2D eigenvalue weighted by atomic mass is 16.5. The molecule has 5 nitrogen and oxygen atoms in total. The second-order valence-corrected chi connectivity index (χ2v) is 7.24. The molecule has 0 saturated heterocycles. The molecule has 2 N–H and O–H groups in total. The molecule has 31 heavy (non-hydrogen) atoms. The van der Waals surface area contributed by atoms with E-state index in [4.69, 9.17) is 5.21 Å². The first kappa shape index (κ1) is 20.3. The van der Waals surface area contributed by atoms with Gasteiger partial charge < -0.3 is 4.90 Å². The minimum atomic E-state index is -0.0346. The second-order valence-electron chi connectivity index (χ2n) is 7.24. The Kier molecular flexibility index (Phi) is 6.05. The minimum Gasteiger partial charge on any atom is -0.306 e. The minimum absolute atomic E-state index is 0.0346. The number of nitrogens with one attached hydrogen (secondary N) is 1. The van der Waals surface area contributed by atoms with Crippen molar-refractivity contribution in [1.29, 1.82) is 0 Å². The molecule has 0 atom stereocenters. The average molecular weight is 409 g/mol. The molecule has 154 valence electrons. The molecule has 0 aliphatic carbocycles. The van der Waals surface area contributed by atoms with Crippen molar-refractivity contribution < 1.29 is 10.0 Å². The second kappa shape index (κ2) is 9.24. The third-order valence-corrected chi connectivity index (χ3v) is 5.11. The molecule has 0 spiro atoms. The van der Waals surface area contributed by atoms with Crippen LogP contribution in [0, 0.1) is 0 Å². The largest absolute Gasteiger partial charge is 0.306 e. The number of nitrogens with zero attached hydrogens (tertiary/aromatic N) is 2. The summed E-state index contributed by atoms with van der Waals surface area (Å²) >= 11 is 0. The summed E-state index contributed by atoms with van der Waals surface area (Å²) < 4.78 is 0. The van der Waals surface area contributed by atoms with Crippen LogP contribution >= 0.6 is 0 Å². The number of carbonyl (C=O) groups is 1. The predicted molar refractivity (Wildman–Crippen MR) is 124 cm³/mol. The van der Waals surface area contributed by atoms with Crippen molar-refractivity contribution >= 4 is 23.4 Å². The van der Waals surface area contributed by atoms with Gasteiger partial charge in [-0.2, -0.15) is 0 Å². The summed E-state index contributed by atoms with van der Waals surface area (Å²) in [6, 6.07) is 25.8. The van der Waals surface area contributed by atoms with Crippen molar-refractivity contribution in [2.75, 3.05) is 11.4 Å². The topological polar surface area (TPSA) is 64.9 Å². The molecule has 0 bridgehead atoms. The van der Waals surface area contributed by atoms with Crippen LogP contribution in [0.15, 0.2) is 102 Å². The van der Waals surface area contributed by atoms with E-state index in [1.165, 1.54) is 0 Å². The number of rotatable bonds is 6. The van der Waals surface area contributed by atoms with Crippen molar-refractivity contribution in [2.45, 2.75) is 6.54 Å². The third kappa shape index (κ3) is 4.63. The number of benzene rings is 3. The molecular weight excluding hydrogens is 386 g/mol. The summed E-state index contributed by atoms with van der Waals surface area (Å²) in [5, 5.41) is 8.81. The van der Waals surface area contributed by atoms with Gasteiger partial charge in [-0.1, -0.05) is 85.5 Å². The molecular formula is C26H23N3O2. The summed E-state index contributed by atoms with van der Waals surface area (Å²) in [5.41, 5.74) is 8.05. The maximum absolute atomic E-state index is 13.0. The monoisotopic (exact) mass is 409 g/mol. The van der Waals surface area contributed by atoms with Crippen molar-refractivity contribution in [3.05, 3.63) is 119 Å². The number of fused-ring (bicyclic) bond motifs is 1. The molecule has 3 aromatic rings. The molecule has 0 unspecified atom stereocenters. The first-order valence-electron chi connectivity index (χ1n) is 10.0. The van der Waals surface area contributed by atoms with E-state index >= 15 is 0 Å².